The Kier molecular flexibility index (Phi) is 4.24. The normalized spacial score (nSPS) is 16.6. The van der Waals surface area contributed by atoms with Crippen molar-refractivity contribution < 1.29 is 4.74 Å². The van der Waals surface area contributed by atoms with Crippen molar-refractivity contribution in [3.63, 3.8) is 0 Å². The van der Waals surface area contributed by atoms with Gasteiger partial charge >= 0.3 is 0 Å². The average Bonchev–Trinajstić information content (AvgIpc) is 2.99. The number of aryl methyl sites for hydroxylation is 2. The highest BCUT2D eigenvalue weighted by Crippen LogP contribution is 2.45. The largest absolute Gasteiger partial charge is 0.381 e. The molecule has 0 N–H and O–H groups in total. The third-order valence-electron chi connectivity index (χ3n) is 6.70. The van der Waals surface area contributed by atoms with E-state index < -0.39 is 0 Å². The molecule has 3 aromatic rings. The zero-order valence-electron chi connectivity index (χ0n) is 17.5. The summed E-state index contributed by atoms with van der Waals surface area (Å²) in [5.74, 6) is 0.680. The minimum Gasteiger partial charge on any atom is -0.381 e. The number of hydrogen-bond donors (Lipinski definition) is 0. The molecule has 3 nitrogen and oxygen atoms in total. The average molecular weight is 375 g/mol. The molecule has 2 aliphatic rings. The lowest BCUT2D eigenvalue weighted by molar-refractivity contribution is -0.0277. The van der Waals surface area contributed by atoms with Crippen molar-refractivity contribution in [3.8, 4) is 11.1 Å². The highest BCUT2D eigenvalue weighted by molar-refractivity contribution is 6.06. The lowest BCUT2D eigenvalue weighted by Crippen LogP contribution is -2.42. The van der Waals surface area contributed by atoms with Gasteiger partial charge in [-0.1, -0.05) is 36.8 Å². The van der Waals surface area contributed by atoms with Crippen LogP contribution in [0, 0.1) is 26.7 Å². The molecule has 0 saturated carbocycles. The van der Waals surface area contributed by atoms with Crippen LogP contribution in [0.25, 0.3) is 22.0 Å². The van der Waals surface area contributed by atoms with Gasteiger partial charge < -0.3 is 14.2 Å². The molecule has 2 aromatic carbocycles. The molecule has 1 aromatic heterocycles. The van der Waals surface area contributed by atoms with Crippen molar-refractivity contribution in [2.24, 2.45) is 5.92 Å². The van der Waals surface area contributed by atoms with Gasteiger partial charge in [0, 0.05) is 36.6 Å². The number of benzene rings is 2. The summed E-state index contributed by atoms with van der Waals surface area (Å²) in [5.41, 5.74) is 11.3. The summed E-state index contributed by atoms with van der Waals surface area (Å²) in [6.45, 7) is 14.2. The smallest absolute Gasteiger partial charge is 0.0730 e. The van der Waals surface area contributed by atoms with E-state index in [9.17, 15) is 0 Å². The third-order valence-corrected chi connectivity index (χ3v) is 6.70. The zero-order chi connectivity index (χ0) is 19.4. The summed E-state index contributed by atoms with van der Waals surface area (Å²) in [6.07, 6.45) is 1.06. The van der Waals surface area contributed by atoms with Gasteiger partial charge in [0.15, 0.2) is 0 Å². The van der Waals surface area contributed by atoms with Crippen LogP contribution in [0.2, 0.25) is 0 Å². The van der Waals surface area contributed by atoms with Crippen molar-refractivity contribution >= 4 is 16.6 Å². The first-order chi connectivity index (χ1) is 13.6. The van der Waals surface area contributed by atoms with Gasteiger partial charge in [-0.15, -0.1) is 0 Å². The lowest BCUT2D eigenvalue weighted by atomic mass is 9.88. The van der Waals surface area contributed by atoms with E-state index in [4.69, 9.17) is 4.74 Å². The summed E-state index contributed by atoms with van der Waals surface area (Å²) in [5, 5.41) is 1.42. The van der Waals surface area contributed by atoms with Gasteiger partial charge in [-0.05, 0) is 55.5 Å². The number of rotatable bonds is 4. The molecule has 2 aliphatic heterocycles. The first-order valence-electron chi connectivity index (χ1n) is 10.6. The summed E-state index contributed by atoms with van der Waals surface area (Å²) in [4.78, 5) is 2.64. The van der Waals surface area contributed by atoms with Gasteiger partial charge in [0.25, 0.3) is 0 Å². The number of nitrogens with zero attached hydrogens (tertiary/aromatic N) is 2. The number of aromatic nitrogens is 1. The Balaban J connectivity index is 1.78. The summed E-state index contributed by atoms with van der Waals surface area (Å²) in [6, 6.07) is 11.5. The summed E-state index contributed by atoms with van der Waals surface area (Å²) >= 11 is 0. The highest BCUT2D eigenvalue weighted by Gasteiger charge is 2.30. The Hall–Kier alpha value is -2.26. The van der Waals surface area contributed by atoms with Gasteiger partial charge in [0.2, 0.25) is 0 Å². The number of ether oxygens (including phenoxy) is 1. The van der Waals surface area contributed by atoms with E-state index in [1.165, 1.54) is 50.1 Å². The Morgan fingerprint density at radius 2 is 1.79 bits per heavy atom. The molecule has 1 fully saturated rings. The molecular formula is C25H30N2O. The minimum atomic E-state index is 0.680. The predicted molar refractivity (Wildman–Crippen MR) is 117 cm³/mol. The van der Waals surface area contributed by atoms with Crippen LogP contribution in [0.4, 0.5) is 5.69 Å². The molecule has 28 heavy (non-hydrogen) atoms. The molecule has 146 valence electrons. The molecule has 0 unspecified atom stereocenters. The zero-order valence-corrected chi connectivity index (χ0v) is 17.5. The molecule has 1 saturated heterocycles. The van der Waals surface area contributed by atoms with Crippen LogP contribution in [0.5, 0.6) is 0 Å². The SMILES string of the molecule is CCc1c(C)c2c3c(cc(C)n3CCN2CC2COC2)c1-c1ccc(C)cc1. The van der Waals surface area contributed by atoms with Crippen LogP contribution in [0.3, 0.4) is 0 Å². The van der Waals surface area contributed by atoms with Crippen LogP contribution in [0.1, 0.15) is 29.3 Å². The van der Waals surface area contributed by atoms with Gasteiger partial charge in [-0.3, -0.25) is 0 Å². The topological polar surface area (TPSA) is 17.4 Å². The molecule has 3 heterocycles. The first-order valence-corrected chi connectivity index (χ1v) is 10.6. The fourth-order valence-electron chi connectivity index (χ4n) is 5.18. The minimum absolute atomic E-state index is 0.680. The lowest BCUT2D eigenvalue weighted by Gasteiger charge is -2.38. The van der Waals surface area contributed by atoms with E-state index in [0.29, 0.717) is 5.92 Å². The summed E-state index contributed by atoms with van der Waals surface area (Å²) in [7, 11) is 0. The van der Waals surface area contributed by atoms with E-state index in [0.717, 1.165) is 39.3 Å². The van der Waals surface area contributed by atoms with Crippen molar-refractivity contribution in [2.75, 3.05) is 31.2 Å². The molecule has 0 radical (unpaired) electrons. The maximum absolute atomic E-state index is 5.45. The van der Waals surface area contributed by atoms with Crippen molar-refractivity contribution in [1.29, 1.82) is 0 Å². The molecule has 5 rings (SSSR count). The second kappa shape index (κ2) is 6.66. The van der Waals surface area contributed by atoms with Crippen LogP contribution < -0.4 is 4.90 Å². The maximum atomic E-state index is 5.45. The molecular weight excluding hydrogens is 344 g/mol. The molecule has 0 spiro atoms. The van der Waals surface area contributed by atoms with Crippen LogP contribution in [0.15, 0.2) is 30.3 Å². The molecule has 0 aliphatic carbocycles. The monoisotopic (exact) mass is 374 g/mol. The molecule has 0 bridgehead atoms. The standard InChI is InChI=1S/C25H30N2O/c1-5-21-18(4)24-25-22(23(21)20-8-6-16(2)7-9-20)12-17(3)27(25)11-10-26(24)13-19-14-28-15-19/h6-9,12,19H,5,10-11,13-15H2,1-4H3. The fraction of sp³-hybridized carbons (Fsp3) is 0.440. The highest BCUT2D eigenvalue weighted by atomic mass is 16.5. The predicted octanol–water partition coefficient (Wildman–Crippen LogP) is 5.26. The van der Waals surface area contributed by atoms with E-state index in [2.05, 4.69) is 67.5 Å². The van der Waals surface area contributed by atoms with Crippen LogP contribution in [-0.4, -0.2) is 30.9 Å². The Morgan fingerprint density at radius 1 is 1.04 bits per heavy atom. The van der Waals surface area contributed by atoms with E-state index in [1.54, 1.807) is 0 Å². The van der Waals surface area contributed by atoms with Gasteiger partial charge in [-0.2, -0.15) is 0 Å². The fourth-order valence-corrected chi connectivity index (χ4v) is 5.18. The van der Waals surface area contributed by atoms with E-state index >= 15 is 0 Å². The quantitative estimate of drug-likeness (QED) is 0.619. The Morgan fingerprint density at radius 3 is 2.43 bits per heavy atom. The van der Waals surface area contributed by atoms with Crippen molar-refractivity contribution in [3.05, 3.63) is 52.7 Å². The van der Waals surface area contributed by atoms with Crippen molar-refractivity contribution in [1.82, 2.24) is 4.57 Å². The maximum Gasteiger partial charge on any atom is 0.0730 e. The summed E-state index contributed by atoms with van der Waals surface area (Å²) < 4.78 is 8.00. The molecule has 3 heteroatoms. The molecule has 0 amide bonds. The van der Waals surface area contributed by atoms with Crippen LogP contribution in [-0.2, 0) is 17.7 Å². The van der Waals surface area contributed by atoms with Gasteiger partial charge in [-0.25, -0.2) is 0 Å². The number of anilines is 1. The first kappa shape index (κ1) is 17.8. The van der Waals surface area contributed by atoms with Crippen molar-refractivity contribution in [2.45, 2.75) is 40.7 Å². The molecule has 0 atom stereocenters. The number of hydrogen-bond acceptors (Lipinski definition) is 2. The Labute approximate surface area is 167 Å². The Bertz CT molecular complexity index is 1040. The van der Waals surface area contributed by atoms with Gasteiger partial charge in [0.1, 0.15) is 0 Å². The third kappa shape index (κ3) is 2.60. The van der Waals surface area contributed by atoms with Gasteiger partial charge in [0.05, 0.1) is 24.4 Å². The van der Waals surface area contributed by atoms with Crippen LogP contribution >= 0.6 is 0 Å². The second-order valence-corrected chi connectivity index (χ2v) is 8.60. The van der Waals surface area contributed by atoms with E-state index in [-0.39, 0.29) is 0 Å². The second-order valence-electron chi connectivity index (χ2n) is 8.60. The van der Waals surface area contributed by atoms with E-state index in [1.807, 2.05) is 0 Å².